The summed E-state index contributed by atoms with van der Waals surface area (Å²) < 4.78 is 5.14. The van der Waals surface area contributed by atoms with Crippen molar-refractivity contribution in [2.45, 2.75) is 20.4 Å². The molecular formula is C16H21N3O3. The van der Waals surface area contributed by atoms with Crippen molar-refractivity contribution >= 4 is 16.9 Å². The summed E-state index contributed by atoms with van der Waals surface area (Å²) in [5.74, 6) is 0.686. The number of nitrogens with zero attached hydrogens (tertiary/aromatic N) is 1. The largest absolute Gasteiger partial charge is 0.497 e. The van der Waals surface area contributed by atoms with E-state index in [-0.39, 0.29) is 18.1 Å². The summed E-state index contributed by atoms with van der Waals surface area (Å²) in [7, 11) is 1.58. The van der Waals surface area contributed by atoms with Crippen LogP contribution in [0.2, 0.25) is 0 Å². The van der Waals surface area contributed by atoms with Crippen molar-refractivity contribution in [1.82, 2.24) is 15.2 Å². The van der Waals surface area contributed by atoms with Gasteiger partial charge in [-0.2, -0.15) is 0 Å². The Kier molecular flexibility index (Phi) is 5.04. The van der Waals surface area contributed by atoms with Crippen LogP contribution < -0.4 is 15.6 Å². The minimum atomic E-state index is -0.208. The van der Waals surface area contributed by atoms with E-state index in [0.29, 0.717) is 29.9 Å². The number of aromatic amines is 1. The molecule has 0 atom stereocenters. The minimum Gasteiger partial charge on any atom is -0.497 e. The molecule has 0 bridgehead atoms. The van der Waals surface area contributed by atoms with Crippen LogP contribution in [-0.4, -0.2) is 36.1 Å². The van der Waals surface area contributed by atoms with E-state index in [1.165, 1.54) is 0 Å². The molecule has 0 unspecified atom stereocenters. The molecule has 0 fully saturated rings. The number of methoxy groups -OCH3 is 1. The van der Waals surface area contributed by atoms with Crippen molar-refractivity contribution in [1.29, 1.82) is 0 Å². The predicted octanol–water partition coefficient (Wildman–Crippen LogP) is 2.09. The second kappa shape index (κ2) is 6.98. The molecule has 0 saturated heterocycles. The van der Waals surface area contributed by atoms with Crippen LogP contribution in [0, 0.1) is 0 Å². The SMILES string of the molecule is CCN(CC)C(=O)NCc1cc2ccc(OC)cc2[nH]c1=O. The second-order valence-corrected chi connectivity index (χ2v) is 4.91. The first-order valence-electron chi connectivity index (χ1n) is 7.31. The zero-order chi connectivity index (χ0) is 16.1. The molecule has 0 spiro atoms. The molecule has 0 aliphatic heterocycles. The number of carbonyl (C=O) groups is 1. The molecule has 2 amide bonds. The Labute approximate surface area is 129 Å². The van der Waals surface area contributed by atoms with Crippen LogP contribution in [0.4, 0.5) is 4.79 Å². The Morgan fingerprint density at radius 1 is 1.27 bits per heavy atom. The van der Waals surface area contributed by atoms with Crippen molar-refractivity contribution < 1.29 is 9.53 Å². The van der Waals surface area contributed by atoms with Gasteiger partial charge in [-0.15, -0.1) is 0 Å². The summed E-state index contributed by atoms with van der Waals surface area (Å²) in [4.78, 5) is 28.5. The van der Waals surface area contributed by atoms with Crippen molar-refractivity contribution in [2.75, 3.05) is 20.2 Å². The molecule has 0 aliphatic carbocycles. The van der Waals surface area contributed by atoms with Crippen LogP contribution in [0.25, 0.3) is 10.9 Å². The molecule has 0 saturated carbocycles. The highest BCUT2D eigenvalue weighted by atomic mass is 16.5. The third-order valence-corrected chi connectivity index (χ3v) is 3.61. The topological polar surface area (TPSA) is 74.4 Å². The van der Waals surface area contributed by atoms with Crippen molar-refractivity contribution in [3.05, 3.63) is 40.2 Å². The van der Waals surface area contributed by atoms with Crippen LogP contribution >= 0.6 is 0 Å². The maximum absolute atomic E-state index is 12.1. The van der Waals surface area contributed by atoms with E-state index in [1.807, 2.05) is 26.0 Å². The molecular weight excluding hydrogens is 282 g/mol. The van der Waals surface area contributed by atoms with Crippen LogP contribution in [0.1, 0.15) is 19.4 Å². The van der Waals surface area contributed by atoms with Crippen LogP contribution in [0.15, 0.2) is 29.1 Å². The fourth-order valence-corrected chi connectivity index (χ4v) is 2.28. The number of benzene rings is 1. The maximum Gasteiger partial charge on any atom is 0.317 e. The molecule has 1 aromatic carbocycles. The molecule has 0 aliphatic rings. The number of nitrogens with one attached hydrogen (secondary N) is 2. The molecule has 6 nitrogen and oxygen atoms in total. The van der Waals surface area contributed by atoms with E-state index in [1.54, 1.807) is 24.1 Å². The average Bonchev–Trinajstić information content (AvgIpc) is 2.53. The Balaban J connectivity index is 2.20. The zero-order valence-corrected chi connectivity index (χ0v) is 13.1. The Morgan fingerprint density at radius 2 is 2.00 bits per heavy atom. The van der Waals surface area contributed by atoms with Crippen LogP contribution in [-0.2, 0) is 6.54 Å². The van der Waals surface area contributed by atoms with Crippen molar-refractivity contribution in [3.63, 3.8) is 0 Å². The van der Waals surface area contributed by atoms with E-state index >= 15 is 0 Å². The summed E-state index contributed by atoms with van der Waals surface area (Å²) in [6, 6.07) is 7.10. The number of amides is 2. The van der Waals surface area contributed by atoms with Gasteiger partial charge in [-0.05, 0) is 37.4 Å². The second-order valence-electron chi connectivity index (χ2n) is 4.91. The van der Waals surface area contributed by atoms with E-state index in [9.17, 15) is 9.59 Å². The first-order chi connectivity index (χ1) is 10.6. The zero-order valence-electron chi connectivity index (χ0n) is 13.1. The fourth-order valence-electron chi connectivity index (χ4n) is 2.28. The Bertz CT molecular complexity index is 720. The molecule has 2 rings (SSSR count). The lowest BCUT2D eigenvalue weighted by Crippen LogP contribution is -2.40. The monoisotopic (exact) mass is 303 g/mol. The molecule has 0 radical (unpaired) electrons. The standard InChI is InChI=1S/C16H21N3O3/c1-4-19(5-2)16(21)17-10-12-8-11-6-7-13(22-3)9-14(11)18-15(12)20/h6-9H,4-5,10H2,1-3H3,(H,17,21)(H,18,20). The van der Waals surface area contributed by atoms with Gasteiger partial charge in [0.05, 0.1) is 12.6 Å². The fraction of sp³-hybridized carbons (Fsp3) is 0.375. The van der Waals surface area contributed by atoms with Gasteiger partial charge in [0.2, 0.25) is 0 Å². The number of urea groups is 1. The third-order valence-electron chi connectivity index (χ3n) is 3.61. The smallest absolute Gasteiger partial charge is 0.317 e. The summed E-state index contributed by atoms with van der Waals surface area (Å²) in [5.41, 5.74) is 1.03. The highest BCUT2D eigenvalue weighted by Gasteiger charge is 2.10. The number of rotatable bonds is 5. The van der Waals surface area contributed by atoms with Gasteiger partial charge < -0.3 is 19.9 Å². The number of fused-ring (bicyclic) bond motifs is 1. The van der Waals surface area contributed by atoms with E-state index < -0.39 is 0 Å². The van der Waals surface area contributed by atoms with Gasteiger partial charge in [0.1, 0.15) is 5.75 Å². The summed E-state index contributed by atoms with van der Waals surface area (Å²) in [5, 5.41) is 3.67. The number of H-pyrrole nitrogens is 1. The van der Waals surface area contributed by atoms with Gasteiger partial charge in [0, 0.05) is 31.3 Å². The number of hydrogen-bond donors (Lipinski definition) is 2. The first-order valence-corrected chi connectivity index (χ1v) is 7.31. The molecule has 2 aromatic rings. The van der Waals surface area contributed by atoms with E-state index in [0.717, 1.165) is 5.39 Å². The van der Waals surface area contributed by atoms with Gasteiger partial charge >= 0.3 is 6.03 Å². The minimum absolute atomic E-state index is 0.167. The lowest BCUT2D eigenvalue weighted by molar-refractivity contribution is 0.203. The van der Waals surface area contributed by atoms with E-state index in [4.69, 9.17) is 4.74 Å². The van der Waals surface area contributed by atoms with Gasteiger partial charge in [-0.25, -0.2) is 4.79 Å². The van der Waals surface area contributed by atoms with Crippen molar-refractivity contribution in [2.24, 2.45) is 0 Å². The number of hydrogen-bond acceptors (Lipinski definition) is 3. The van der Waals surface area contributed by atoms with Crippen LogP contribution in [0.3, 0.4) is 0 Å². The molecule has 22 heavy (non-hydrogen) atoms. The maximum atomic E-state index is 12.1. The summed E-state index contributed by atoms with van der Waals surface area (Å²) >= 11 is 0. The lowest BCUT2D eigenvalue weighted by Gasteiger charge is -2.19. The normalized spacial score (nSPS) is 10.5. The average molecular weight is 303 g/mol. The van der Waals surface area contributed by atoms with Crippen molar-refractivity contribution in [3.8, 4) is 5.75 Å². The highest BCUT2D eigenvalue weighted by molar-refractivity contribution is 5.80. The van der Waals surface area contributed by atoms with Gasteiger partial charge in [0.25, 0.3) is 5.56 Å². The number of aromatic nitrogens is 1. The van der Waals surface area contributed by atoms with Gasteiger partial charge in [-0.1, -0.05) is 0 Å². The summed E-state index contributed by atoms with van der Waals surface area (Å²) in [6.45, 7) is 5.30. The molecule has 2 N–H and O–H groups in total. The number of ether oxygens (including phenoxy) is 1. The Morgan fingerprint density at radius 3 is 2.64 bits per heavy atom. The molecule has 1 aromatic heterocycles. The Hall–Kier alpha value is -2.50. The third kappa shape index (κ3) is 3.39. The molecule has 1 heterocycles. The lowest BCUT2D eigenvalue weighted by atomic mass is 10.1. The molecule has 118 valence electrons. The first kappa shape index (κ1) is 15.9. The molecule has 6 heteroatoms. The van der Waals surface area contributed by atoms with Gasteiger partial charge in [-0.3, -0.25) is 4.79 Å². The van der Waals surface area contributed by atoms with Gasteiger partial charge in [0.15, 0.2) is 0 Å². The highest BCUT2D eigenvalue weighted by Crippen LogP contribution is 2.18. The number of pyridine rings is 1. The van der Waals surface area contributed by atoms with Crippen LogP contribution in [0.5, 0.6) is 5.75 Å². The quantitative estimate of drug-likeness (QED) is 0.888. The number of carbonyl (C=O) groups excluding carboxylic acids is 1. The summed E-state index contributed by atoms with van der Waals surface area (Å²) in [6.07, 6.45) is 0. The van der Waals surface area contributed by atoms with E-state index in [2.05, 4.69) is 10.3 Å². The predicted molar refractivity (Wildman–Crippen MR) is 86.3 cm³/mol.